The van der Waals surface area contributed by atoms with Crippen LogP contribution in [0.25, 0.3) is 11.1 Å². The van der Waals surface area contributed by atoms with Crippen LogP contribution in [0, 0.1) is 0 Å². The van der Waals surface area contributed by atoms with Crippen LogP contribution in [0.2, 0.25) is 0 Å². The van der Waals surface area contributed by atoms with Gasteiger partial charge >= 0.3 is 5.76 Å². The predicted molar refractivity (Wildman–Crippen MR) is 66.4 cm³/mol. The van der Waals surface area contributed by atoms with Crippen LogP contribution in [-0.2, 0) is 4.79 Å². The fourth-order valence-corrected chi connectivity index (χ4v) is 1.59. The van der Waals surface area contributed by atoms with Crippen LogP contribution in [0.5, 0.6) is 0 Å². The molecule has 0 fully saturated rings. The highest BCUT2D eigenvalue weighted by Gasteiger charge is 2.06. The average molecular weight is 250 g/mol. The van der Waals surface area contributed by atoms with Crippen LogP contribution in [0.1, 0.15) is 19.8 Å². The number of fused-ring (bicyclic) bond motifs is 1. The summed E-state index contributed by atoms with van der Waals surface area (Å²) in [6, 6.07) is 4.89. The van der Waals surface area contributed by atoms with E-state index < -0.39 is 11.9 Å². The number of oxazole rings is 1. The summed E-state index contributed by atoms with van der Waals surface area (Å²) in [7, 11) is 0. The molecule has 0 spiro atoms. The van der Waals surface area contributed by atoms with Crippen molar-refractivity contribution in [1.82, 2.24) is 4.98 Å². The molecule has 18 heavy (non-hydrogen) atoms. The van der Waals surface area contributed by atoms with E-state index in [1.807, 2.05) is 0 Å². The van der Waals surface area contributed by atoms with Gasteiger partial charge in [-0.25, -0.2) is 4.79 Å². The number of anilines is 1. The van der Waals surface area contributed by atoms with E-state index in [1.165, 1.54) is 0 Å². The molecule has 3 N–H and O–H groups in total. The van der Waals surface area contributed by atoms with E-state index in [4.69, 9.17) is 9.52 Å². The monoisotopic (exact) mass is 250 g/mol. The van der Waals surface area contributed by atoms with Gasteiger partial charge in [-0.15, -0.1) is 0 Å². The first-order valence-electron chi connectivity index (χ1n) is 5.65. The van der Waals surface area contributed by atoms with Crippen LogP contribution >= 0.6 is 0 Å². The molecule has 1 aromatic heterocycles. The van der Waals surface area contributed by atoms with Crippen molar-refractivity contribution in [2.45, 2.75) is 25.9 Å². The van der Waals surface area contributed by atoms with E-state index in [-0.39, 0.29) is 12.3 Å². The van der Waals surface area contributed by atoms with Gasteiger partial charge in [-0.1, -0.05) is 0 Å². The highest BCUT2D eigenvalue weighted by atomic mass is 16.4. The molecular weight excluding hydrogens is 236 g/mol. The number of rotatable bonds is 4. The number of amides is 1. The third-order valence-electron chi connectivity index (χ3n) is 2.49. The van der Waals surface area contributed by atoms with Gasteiger partial charge < -0.3 is 14.8 Å². The van der Waals surface area contributed by atoms with Gasteiger partial charge in [-0.05, 0) is 31.5 Å². The van der Waals surface area contributed by atoms with Crippen molar-refractivity contribution in [1.29, 1.82) is 0 Å². The molecule has 0 aliphatic carbocycles. The summed E-state index contributed by atoms with van der Waals surface area (Å²) in [4.78, 5) is 25.0. The van der Waals surface area contributed by atoms with Gasteiger partial charge in [0, 0.05) is 12.1 Å². The molecule has 96 valence electrons. The molecule has 1 unspecified atom stereocenters. The maximum atomic E-state index is 11.5. The zero-order valence-electron chi connectivity index (χ0n) is 9.90. The van der Waals surface area contributed by atoms with Crippen molar-refractivity contribution in [3.8, 4) is 0 Å². The van der Waals surface area contributed by atoms with E-state index in [2.05, 4.69) is 10.3 Å². The lowest BCUT2D eigenvalue weighted by atomic mass is 10.2. The van der Waals surface area contributed by atoms with Crippen molar-refractivity contribution in [3.05, 3.63) is 28.7 Å². The molecule has 0 saturated heterocycles. The highest BCUT2D eigenvalue weighted by molar-refractivity contribution is 5.92. The minimum atomic E-state index is -0.525. The Bertz CT molecular complexity index is 612. The molecular formula is C12H14N2O4. The summed E-state index contributed by atoms with van der Waals surface area (Å²) < 4.78 is 4.85. The van der Waals surface area contributed by atoms with Crippen LogP contribution in [0.4, 0.5) is 5.69 Å². The van der Waals surface area contributed by atoms with Gasteiger partial charge in [0.2, 0.25) is 5.91 Å². The fourth-order valence-electron chi connectivity index (χ4n) is 1.59. The van der Waals surface area contributed by atoms with Gasteiger partial charge in [0.1, 0.15) is 0 Å². The van der Waals surface area contributed by atoms with Gasteiger partial charge in [0.25, 0.3) is 0 Å². The number of benzene rings is 1. The van der Waals surface area contributed by atoms with E-state index in [9.17, 15) is 9.59 Å². The lowest BCUT2D eigenvalue weighted by Gasteiger charge is -2.06. The maximum absolute atomic E-state index is 11.5. The molecule has 6 nitrogen and oxygen atoms in total. The number of aromatic amines is 1. The Morgan fingerprint density at radius 2 is 2.33 bits per heavy atom. The van der Waals surface area contributed by atoms with Gasteiger partial charge in [-0.2, -0.15) is 0 Å². The summed E-state index contributed by atoms with van der Waals surface area (Å²) in [5, 5.41) is 11.8. The molecule has 1 amide bonds. The topological polar surface area (TPSA) is 95.3 Å². The van der Waals surface area contributed by atoms with Gasteiger partial charge in [0.05, 0.1) is 11.6 Å². The third-order valence-corrected chi connectivity index (χ3v) is 2.49. The number of hydrogen-bond donors (Lipinski definition) is 3. The number of nitrogens with one attached hydrogen (secondary N) is 2. The highest BCUT2D eigenvalue weighted by Crippen LogP contribution is 2.16. The first-order chi connectivity index (χ1) is 8.54. The molecule has 0 aliphatic heterocycles. The van der Waals surface area contributed by atoms with Crippen molar-refractivity contribution >= 4 is 22.7 Å². The molecule has 1 atom stereocenters. The lowest BCUT2D eigenvalue weighted by Crippen LogP contribution is -2.13. The SMILES string of the molecule is CC(O)CCC(=O)Nc1ccc2oc(=O)[nH]c2c1. The Hall–Kier alpha value is -2.08. The number of H-pyrrole nitrogens is 1. The Balaban J connectivity index is 2.07. The van der Waals surface area contributed by atoms with Crippen molar-refractivity contribution in [2.24, 2.45) is 0 Å². The molecule has 0 radical (unpaired) electrons. The third kappa shape index (κ3) is 2.98. The molecule has 1 aromatic carbocycles. The zero-order valence-corrected chi connectivity index (χ0v) is 9.90. The number of aromatic nitrogens is 1. The van der Waals surface area contributed by atoms with E-state index >= 15 is 0 Å². The largest absolute Gasteiger partial charge is 0.417 e. The quantitative estimate of drug-likeness (QED) is 0.760. The number of carbonyl (C=O) groups is 1. The number of hydrogen-bond acceptors (Lipinski definition) is 4. The van der Waals surface area contributed by atoms with Crippen molar-refractivity contribution < 1.29 is 14.3 Å². The molecule has 6 heteroatoms. The number of carbonyl (C=O) groups excluding carboxylic acids is 1. The minimum Gasteiger partial charge on any atom is -0.408 e. The Morgan fingerprint density at radius 3 is 3.06 bits per heavy atom. The standard InChI is InChI=1S/C12H14N2O4/c1-7(15)2-5-11(16)13-8-3-4-10-9(6-8)14-12(17)18-10/h3-4,6-7,15H,2,5H2,1H3,(H,13,16)(H,14,17). The van der Waals surface area contributed by atoms with Gasteiger partial charge in [-0.3, -0.25) is 9.78 Å². The van der Waals surface area contributed by atoms with Crippen LogP contribution in [0.15, 0.2) is 27.4 Å². The van der Waals surface area contributed by atoms with Crippen LogP contribution in [0.3, 0.4) is 0 Å². The lowest BCUT2D eigenvalue weighted by molar-refractivity contribution is -0.116. The second-order valence-corrected chi connectivity index (χ2v) is 4.16. The summed E-state index contributed by atoms with van der Waals surface area (Å²) in [5.74, 6) is -0.705. The fraction of sp³-hybridized carbons (Fsp3) is 0.333. The molecule has 2 rings (SSSR count). The molecule has 0 aliphatic rings. The van der Waals surface area contributed by atoms with E-state index in [1.54, 1.807) is 25.1 Å². The molecule has 2 aromatic rings. The first kappa shape index (κ1) is 12.4. The van der Waals surface area contributed by atoms with Crippen molar-refractivity contribution in [3.63, 3.8) is 0 Å². The molecule has 0 bridgehead atoms. The summed E-state index contributed by atoms with van der Waals surface area (Å²) in [5.41, 5.74) is 1.56. The number of aliphatic hydroxyl groups excluding tert-OH is 1. The van der Waals surface area contributed by atoms with Crippen LogP contribution < -0.4 is 11.1 Å². The summed E-state index contributed by atoms with van der Waals surface area (Å²) in [6.45, 7) is 1.63. The second kappa shape index (κ2) is 5.05. The average Bonchev–Trinajstić information content (AvgIpc) is 2.66. The Morgan fingerprint density at radius 1 is 1.56 bits per heavy atom. The summed E-state index contributed by atoms with van der Waals surface area (Å²) in [6.07, 6.45) is 0.164. The van der Waals surface area contributed by atoms with Gasteiger partial charge in [0.15, 0.2) is 5.58 Å². The second-order valence-electron chi connectivity index (χ2n) is 4.16. The van der Waals surface area contributed by atoms with Crippen LogP contribution in [-0.4, -0.2) is 22.1 Å². The Kier molecular flexibility index (Phi) is 3.47. The summed E-state index contributed by atoms with van der Waals surface area (Å²) >= 11 is 0. The minimum absolute atomic E-state index is 0.180. The molecule has 1 heterocycles. The smallest absolute Gasteiger partial charge is 0.408 e. The van der Waals surface area contributed by atoms with E-state index in [0.717, 1.165) is 0 Å². The Labute approximate surface area is 103 Å². The number of aliphatic hydroxyl groups is 1. The maximum Gasteiger partial charge on any atom is 0.417 e. The first-order valence-corrected chi connectivity index (χ1v) is 5.65. The van der Waals surface area contributed by atoms with Crippen molar-refractivity contribution in [2.75, 3.05) is 5.32 Å². The van der Waals surface area contributed by atoms with E-state index in [0.29, 0.717) is 23.2 Å². The zero-order chi connectivity index (χ0) is 13.1. The normalized spacial score (nSPS) is 12.6. The predicted octanol–water partition coefficient (Wildman–Crippen LogP) is 1.22. The molecule has 0 saturated carbocycles.